The third-order valence-corrected chi connectivity index (χ3v) is 3.99. The van der Waals surface area contributed by atoms with Crippen LogP contribution < -0.4 is 5.56 Å². The fourth-order valence-electron chi connectivity index (χ4n) is 2.94. The zero-order valence-corrected chi connectivity index (χ0v) is 11.8. The van der Waals surface area contributed by atoms with Crippen molar-refractivity contribution in [3.05, 3.63) is 70.1 Å². The minimum absolute atomic E-state index is 0.00329. The number of carbonyl (C=O) groups excluding carboxylic acids is 1. The van der Waals surface area contributed by atoms with Crippen LogP contribution in [0, 0.1) is 0 Å². The van der Waals surface area contributed by atoms with E-state index in [1.54, 1.807) is 6.20 Å². The SMILES string of the molecule is O=C(c1ccccc1)N1CCCC[C@H]1c1ccc[nH]c1=O. The third-order valence-electron chi connectivity index (χ3n) is 3.99. The number of aromatic nitrogens is 1. The van der Waals surface area contributed by atoms with Gasteiger partial charge in [-0.25, -0.2) is 0 Å². The molecule has 2 aromatic rings. The van der Waals surface area contributed by atoms with E-state index >= 15 is 0 Å². The highest BCUT2D eigenvalue weighted by atomic mass is 16.2. The quantitative estimate of drug-likeness (QED) is 0.920. The highest BCUT2D eigenvalue weighted by molar-refractivity contribution is 5.94. The van der Waals surface area contributed by atoms with E-state index in [1.807, 2.05) is 47.4 Å². The molecule has 1 atom stereocenters. The van der Waals surface area contributed by atoms with Crippen LogP contribution in [0.3, 0.4) is 0 Å². The molecule has 1 fully saturated rings. The Bertz CT molecular complexity index is 678. The number of hydrogen-bond acceptors (Lipinski definition) is 2. The topological polar surface area (TPSA) is 53.2 Å². The first-order valence-corrected chi connectivity index (χ1v) is 7.31. The normalized spacial score (nSPS) is 18.5. The molecule has 0 aliphatic carbocycles. The zero-order valence-electron chi connectivity index (χ0n) is 11.8. The van der Waals surface area contributed by atoms with Crippen molar-refractivity contribution in [2.75, 3.05) is 6.54 Å². The second-order valence-electron chi connectivity index (χ2n) is 5.33. The van der Waals surface area contributed by atoms with Crippen LogP contribution in [0.2, 0.25) is 0 Å². The molecule has 0 spiro atoms. The number of likely N-dealkylation sites (tertiary alicyclic amines) is 1. The summed E-state index contributed by atoms with van der Waals surface area (Å²) < 4.78 is 0. The summed E-state index contributed by atoms with van der Waals surface area (Å²) in [6, 6.07) is 12.8. The van der Waals surface area contributed by atoms with E-state index in [2.05, 4.69) is 4.98 Å². The first-order chi connectivity index (χ1) is 10.3. The third kappa shape index (κ3) is 2.75. The summed E-state index contributed by atoms with van der Waals surface area (Å²) >= 11 is 0. The Labute approximate surface area is 123 Å². The average Bonchev–Trinajstić information content (AvgIpc) is 2.55. The standard InChI is InChI=1S/C17H18N2O2/c20-16-14(9-6-11-18-16)15-10-4-5-12-19(15)17(21)13-7-2-1-3-8-13/h1-3,6-9,11,15H,4-5,10,12H2,(H,18,20)/t15-/m0/s1. The van der Waals surface area contributed by atoms with Crippen molar-refractivity contribution in [1.29, 1.82) is 0 Å². The minimum atomic E-state index is -0.128. The molecule has 1 amide bonds. The van der Waals surface area contributed by atoms with E-state index in [9.17, 15) is 9.59 Å². The molecule has 1 aromatic heterocycles. The lowest BCUT2D eigenvalue weighted by Gasteiger charge is -2.35. The highest BCUT2D eigenvalue weighted by Crippen LogP contribution is 2.30. The number of pyridine rings is 1. The van der Waals surface area contributed by atoms with E-state index in [4.69, 9.17) is 0 Å². The van der Waals surface area contributed by atoms with Gasteiger partial charge >= 0.3 is 0 Å². The van der Waals surface area contributed by atoms with E-state index in [0.717, 1.165) is 19.3 Å². The number of carbonyl (C=O) groups is 1. The Balaban J connectivity index is 1.94. The second kappa shape index (κ2) is 5.95. The van der Waals surface area contributed by atoms with Crippen molar-refractivity contribution >= 4 is 5.91 Å². The molecular weight excluding hydrogens is 264 g/mol. The predicted molar refractivity (Wildman–Crippen MR) is 81.1 cm³/mol. The Hall–Kier alpha value is -2.36. The fourth-order valence-corrected chi connectivity index (χ4v) is 2.94. The van der Waals surface area contributed by atoms with Crippen LogP contribution in [0.15, 0.2) is 53.5 Å². The smallest absolute Gasteiger partial charge is 0.254 e. The number of benzene rings is 1. The maximum absolute atomic E-state index is 12.7. The molecule has 0 saturated carbocycles. The summed E-state index contributed by atoms with van der Waals surface area (Å²) in [6.07, 6.45) is 4.49. The highest BCUT2D eigenvalue weighted by Gasteiger charge is 2.29. The number of hydrogen-bond donors (Lipinski definition) is 1. The summed E-state index contributed by atoms with van der Waals surface area (Å²) in [4.78, 5) is 29.3. The van der Waals surface area contributed by atoms with E-state index < -0.39 is 0 Å². The number of aromatic amines is 1. The summed E-state index contributed by atoms with van der Waals surface area (Å²) in [5.41, 5.74) is 1.26. The van der Waals surface area contributed by atoms with Gasteiger partial charge in [-0.15, -0.1) is 0 Å². The number of rotatable bonds is 2. The van der Waals surface area contributed by atoms with Gasteiger partial charge in [-0.3, -0.25) is 9.59 Å². The van der Waals surface area contributed by atoms with Gasteiger partial charge in [0, 0.05) is 23.9 Å². The first-order valence-electron chi connectivity index (χ1n) is 7.31. The van der Waals surface area contributed by atoms with Crippen LogP contribution in [-0.4, -0.2) is 22.3 Å². The molecule has 1 N–H and O–H groups in total. The lowest BCUT2D eigenvalue weighted by atomic mass is 9.95. The van der Waals surface area contributed by atoms with Crippen molar-refractivity contribution in [1.82, 2.24) is 9.88 Å². The van der Waals surface area contributed by atoms with Crippen LogP contribution in [0.4, 0.5) is 0 Å². The molecule has 108 valence electrons. The lowest BCUT2D eigenvalue weighted by Crippen LogP contribution is -2.40. The number of piperidine rings is 1. The molecule has 3 rings (SSSR count). The monoisotopic (exact) mass is 282 g/mol. The molecule has 1 aliphatic heterocycles. The Kier molecular flexibility index (Phi) is 3.86. The lowest BCUT2D eigenvalue weighted by molar-refractivity contribution is 0.0610. The van der Waals surface area contributed by atoms with Crippen LogP contribution in [0.1, 0.15) is 41.2 Å². The Morgan fingerprint density at radius 3 is 2.67 bits per heavy atom. The van der Waals surface area contributed by atoms with E-state index in [0.29, 0.717) is 17.7 Å². The molecule has 0 radical (unpaired) electrons. The molecule has 2 heterocycles. The van der Waals surface area contributed by atoms with Crippen molar-refractivity contribution < 1.29 is 4.79 Å². The molecule has 1 aliphatic rings. The first kappa shape index (κ1) is 13.6. The second-order valence-corrected chi connectivity index (χ2v) is 5.33. The van der Waals surface area contributed by atoms with Crippen LogP contribution in [0.5, 0.6) is 0 Å². The van der Waals surface area contributed by atoms with Gasteiger partial charge in [0.2, 0.25) is 0 Å². The number of amides is 1. The van der Waals surface area contributed by atoms with E-state index in [-0.39, 0.29) is 17.5 Å². The summed E-state index contributed by atoms with van der Waals surface area (Å²) in [7, 11) is 0. The van der Waals surface area contributed by atoms with Crippen LogP contribution >= 0.6 is 0 Å². The van der Waals surface area contributed by atoms with Crippen LogP contribution in [0.25, 0.3) is 0 Å². The molecule has 4 nitrogen and oxygen atoms in total. The Morgan fingerprint density at radius 2 is 1.90 bits per heavy atom. The summed E-state index contributed by atoms with van der Waals surface area (Å²) in [5, 5.41) is 0. The summed E-state index contributed by atoms with van der Waals surface area (Å²) in [6.45, 7) is 0.701. The van der Waals surface area contributed by atoms with Crippen molar-refractivity contribution in [2.45, 2.75) is 25.3 Å². The van der Waals surface area contributed by atoms with Crippen LogP contribution in [-0.2, 0) is 0 Å². The van der Waals surface area contributed by atoms with Gasteiger partial charge in [0.15, 0.2) is 0 Å². The molecule has 1 saturated heterocycles. The molecule has 4 heteroatoms. The van der Waals surface area contributed by atoms with Crippen molar-refractivity contribution in [2.24, 2.45) is 0 Å². The minimum Gasteiger partial charge on any atom is -0.331 e. The van der Waals surface area contributed by atoms with E-state index in [1.165, 1.54) is 0 Å². The number of H-pyrrole nitrogens is 1. The maximum Gasteiger partial charge on any atom is 0.254 e. The average molecular weight is 282 g/mol. The van der Waals surface area contributed by atoms with Gasteiger partial charge in [0.1, 0.15) is 0 Å². The summed E-state index contributed by atoms with van der Waals surface area (Å²) in [5.74, 6) is 0.00329. The van der Waals surface area contributed by atoms with Gasteiger partial charge in [-0.1, -0.05) is 18.2 Å². The predicted octanol–water partition coefficient (Wildman–Crippen LogP) is 2.74. The van der Waals surface area contributed by atoms with Gasteiger partial charge in [-0.2, -0.15) is 0 Å². The molecule has 1 aromatic carbocycles. The molecule has 21 heavy (non-hydrogen) atoms. The molecular formula is C17H18N2O2. The van der Waals surface area contributed by atoms with Crippen molar-refractivity contribution in [3.63, 3.8) is 0 Å². The molecule has 0 unspecified atom stereocenters. The van der Waals surface area contributed by atoms with Gasteiger partial charge in [0.05, 0.1) is 6.04 Å². The van der Waals surface area contributed by atoms with Gasteiger partial charge in [-0.05, 0) is 43.5 Å². The Morgan fingerprint density at radius 1 is 1.10 bits per heavy atom. The zero-order chi connectivity index (χ0) is 14.7. The van der Waals surface area contributed by atoms with Gasteiger partial charge in [0.25, 0.3) is 11.5 Å². The largest absolute Gasteiger partial charge is 0.331 e. The molecule has 0 bridgehead atoms. The van der Waals surface area contributed by atoms with Crippen molar-refractivity contribution in [3.8, 4) is 0 Å². The maximum atomic E-state index is 12.7. The van der Waals surface area contributed by atoms with Gasteiger partial charge < -0.3 is 9.88 Å². The fraction of sp³-hybridized carbons (Fsp3) is 0.294. The number of nitrogens with one attached hydrogen (secondary N) is 1. The number of nitrogens with zero attached hydrogens (tertiary/aromatic N) is 1.